The van der Waals surface area contributed by atoms with Gasteiger partial charge in [-0.3, -0.25) is 9.69 Å². The monoisotopic (exact) mass is 245 g/mol. The molecule has 0 N–H and O–H groups in total. The summed E-state index contributed by atoms with van der Waals surface area (Å²) in [5.41, 5.74) is 1.27. The van der Waals surface area contributed by atoms with Crippen LogP contribution in [0.3, 0.4) is 0 Å². The Hall–Kier alpha value is -1.15. The number of rotatable bonds is 3. The van der Waals surface area contributed by atoms with Crippen LogP contribution in [0.25, 0.3) is 0 Å². The highest BCUT2D eigenvalue weighted by Crippen LogP contribution is 2.30. The number of hydrogen-bond donors (Lipinski definition) is 0. The molecule has 1 unspecified atom stereocenters. The fourth-order valence-corrected chi connectivity index (χ4v) is 2.53. The van der Waals surface area contributed by atoms with Gasteiger partial charge in [0.1, 0.15) is 0 Å². The van der Waals surface area contributed by atoms with Crippen LogP contribution < -0.4 is 0 Å². The highest BCUT2D eigenvalue weighted by Gasteiger charge is 2.30. The van der Waals surface area contributed by atoms with E-state index < -0.39 is 0 Å². The van der Waals surface area contributed by atoms with Crippen molar-refractivity contribution < 1.29 is 4.79 Å². The minimum atomic E-state index is 0.00324. The lowest BCUT2D eigenvalue weighted by molar-refractivity contribution is 0.0687. The Kier molecular flexibility index (Phi) is 3.86. The second-order valence-electron chi connectivity index (χ2n) is 6.11. The van der Waals surface area contributed by atoms with Crippen molar-refractivity contribution in [1.82, 2.24) is 4.90 Å². The zero-order valence-electron chi connectivity index (χ0n) is 11.6. The van der Waals surface area contributed by atoms with Crippen molar-refractivity contribution in [3.05, 3.63) is 35.9 Å². The van der Waals surface area contributed by atoms with Gasteiger partial charge in [0.2, 0.25) is 0 Å². The number of carbonyl (C=O) groups excluding carboxylic acids is 1. The summed E-state index contributed by atoms with van der Waals surface area (Å²) in [6, 6.07) is 9.63. The van der Waals surface area contributed by atoms with E-state index in [1.54, 1.807) is 0 Å². The number of nitrogens with zero attached hydrogens (tertiary/aromatic N) is 1. The van der Waals surface area contributed by atoms with E-state index in [0.717, 1.165) is 18.7 Å². The lowest BCUT2D eigenvalue weighted by Crippen LogP contribution is -2.45. The molecule has 1 aromatic carbocycles. The zero-order valence-corrected chi connectivity index (χ0v) is 11.6. The molecule has 0 amide bonds. The fraction of sp³-hybridized carbons (Fsp3) is 0.562. The Morgan fingerprint density at radius 2 is 1.72 bits per heavy atom. The molecule has 0 saturated carbocycles. The first-order valence-electron chi connectivity index (χ1n) is 6.83. The van der Waals surface area contributed by atoms with Crippen LogP contribution in [0.15, 0.2) is 30.3 Å². The molecule has 1 aliphatic heterocycles. The molecule has 0 spiro atoms. The summed E-state index contributed by atoms with van der Waals surface area (Å²) < 4.78 is 0. The standard InChI is InChI=1S/C16H23NO/c1-13(15(18)14-7-5-4-6-8-14)17-11-9-16(2,3)10-12-17/h4-8,13H,9-12H2,1-3H3. The molecule has 1 heterocycles. The third-order valence-electron chi connectivity index (χ3n) is 4.14. The average molecular weight is 245 g/mol. The first-order valence-corrected chi connectivity index (χ1v) is 6.83. The molecular weight excluding hydrogens is 222 g/mol. The predicted molar refractivity (Wildman–Crippen MR) is 74.8 cm³/mol. The molecular formula is C16H23NO. The van der Waals surface area contributed by atoms with Gasteiger partial charge in [0, 0.05) is 5.56 Å². The van der Waals surface area contributed by atoms with E-state index in [1.165, 1.54) is 12.8 Å². The minimum absolute atomic E-state index is 0.00324. The first-order chi connectivity index (χ1) is 8.49. The molecule has 0 bridgehead atoms. The number of Topliss-reactive ketones (excluding diaryl/α,β-unsaturated/α-hetero) is 1. The Morgan fingerprint density at radius 1 is 1.17 bits per heavy atom. The average Bonchev–Trinajstić information content (AvgIpc) is 2.38. The van der Waals surface area contributed by atoms with Gasteiger partial charge < -0.3 is 0 Å². The maximum atomic E-state index is 12.4. The predicted octanol–water partition coefficient (Wildman–Crippen LogP) is 3.38. The van der Waals surface area contributed by atoms with Gasteiger partial charge in [0.15, 0.2) is 5.78 Å². The van der Waals surface area contributed by atoms with Gasteiger partial charge in [-0.15, -0.1) is 0 Å². The Balaban J connectivity index is 2.00. The third-order valence-corrected chi connectivity index (χ3v) is 4.14. The fourth-order valence-electron chi connectivity index (χ4n) is 2.53. The summed E-state index contributed by atoms with van der Waals surface area (Å²) in [6.07, 6.45) is 2.36. The third kappa shape index (κ3) is 2.99. The molecule has 1 aromatic rings. The van der Waals surface area contributed by atoms with Crippen molar-refractivity contribution in [2.45, 2.75) is 39.7 Å². The molecule has 1 saturated heterocycles. The number of benzene rings is 1. The van der Waals surface area contributed by atoms with E-state index in [0.29, 0.717) is 5.41 Å². The first kappa shape index (κ1) is 13.3. The van der Waals surface area contributed by atoms with Gasteiger partial charge in [-0.25, -0.2) is 0 Å². The largest absolute Gasteiger partial charge is 0.293 e. The molecule has 18 heavy (non-hydrogen) atoms. The number of hydrogen-bond acceptors (Lipinski definition) is 2. The van der Waals surface area contributed by atoms with Crippen molar-refractivity contribution in [2.24, 2.45) is 5.41 Å². The van der Waals surface area contributed by atoms with Gasteiger partial charge >= 0.3 is 0 Å². The Morgan fingerprint density at radius 3 is 2.28 bits per heavy atom. The summed E-state index contributed by atoms with van der Waals surface area (Å²) in [4.78, 5) is 14.7. The van der Waals surface area contributed by atoms with Gasteiger partial charge in [-0.1, -0.05) is 44.2 Å². The van der Waals surface area contributed by atoms with E-state index in [1.807, 2.05) is 37.3 Å². The van der Waals surface area contributed by atoms with E-state index >= 15 is 0 Å². The molecule has 1 atom stereocenters. The van der Waals surface area contributed by atoms with Crippen LogP contribution in [0.1, 0.15) is 44.0 Å². The van der Waals surface area contributed by atoms with Crippen molar-refractivity contribution in [1.29, 1.82) is 0 Å². The number of ketones is 1. The highest BCUT2D eigenvalue weighted by molar-refractivity contribution is 5.99. The zero-order chi connectivity index (χ0) is 13.2. The van der Waals surface area contributed by atoms with Crippen molar-refractivity contribution in [3.63, 3.8) is 0 Å². The molecule has 2 rings (SSSR count). The van der Waals surface area contributed by atoms with Crippen molar-refractivity contribution in [2.75, 3.05) is 13.1 Å². The van der Waals surface area contributed by atoms with E-state index in [4.69, 9.17) is 0 Å². The summed E-state index contributed by atoms with van der Waals surface area (Å²) in [6.45, 7) is 8.73. The second-order valence-corrected chi connectivity index (χ2v) is 6.11. The van der Waals surface area contributed by atoms with E-state index in [2.05, 4.69) is 18.7 Å². The molecule has 1 aliphatic rings. The van der Waals surface area contributed by atoms with Gasteiger partial charge in [-0.2, -0.15) is 0 Å². The second kappa shape index (κ2) is 5.23. The molecule has 0 radical (unpaired) electrons. The summed E-state index contributed by atoms with van der Waals surface area (Å²) in [7, 11) is 0. The van der Waals surface area contributed by atoms with Crippen LogP contribution in [0.2, 0.25) is 0 Å². The van der Waals surface area contributed by atoms with Crippen LogP contribution in [-0.4, -0.2) is 29.8 Å². The highest BCUT2D eigenvalue weighted by atomic mass is 16.1. The van der Waals surface area contributed by atoms with Gasteiger partial charge in [-0.05, 0) is 38.3 Å². The van der Waals surface area contributed by atoms with Crippen molar-refractivity contribution in [3.8, 4) is 0 Å². The molecule has 0 aliphatic carbocycles. The number of carbonyl (C=O) groups is 1. The normalized spacial score (nSPS) is 21.5. The maximum Gasteiger partial charge on any atom is 0.179 e. The van der Waals surface area contributed by atoms with Gasteiger partial charge in [0.25, 0.3) is 0 Å². The van der Waals surface area contributed by atoms with E-state index in [-0.39, 0.29) is 11.8 Å². The minimum Gasteiger partial charge on any atom is -0.293 e. The lowest BCUT2D eigenvalue weighted by atomic mass is 9.82. The lowest BCUT2D eigenvalue weighted by Gasteiger charge is -2.39. The SMILES string of the molecule is CC(C(=O)c1ccccc1)N1CCC(C)(C)CC1. The van der Waals surface area contributed by atoms with Crippen LogP contribution in [0.5, 0.6) is 0 Å². The van der Waals surface area contributed by atoms with E-state index in [9.17, 15) is 4.79 Å². The number of piperidine rings is 1. The summed E-state index contributed by atoms with van der Waals surface area (Å²) in [5.74, 6) is 0.246. The topological polar surface area (TPSA) is 20.3 Å². The molecule has 2 heteroatoms. The Labute approximate surface area is 110 Å². The Bertz CT molecular complexity index is 400. The molecule has 0 aromatic heterocycles. The molecule has 1 fully saturated rings. The summed E-state index contributed by atoms with van der Waals surface area (Å²) in [5, 5.41) is 0. The molecule has 98 valence electrons. The maximum absolute atomic E-state index is 12.4. The van der Waals surface area contributed by atoms with Crippen LogP contribution >= 0.6 is 0 Å². The number of likely N-dealkylation sites (tertiary alicyclic amines) is 1. The van der Waals surface area contributed by atoms with Crippen LogP contribution in [-0.2, 0) is 0 Å². The van der Waals surface area contributed by atoms with Gasteiger partial charge in [0.05, 0.1) is 6.04 Å². The van der Waals surface area contributed by atoms with Crippen molar-refractivity contribution >= 4 is 5.78 Å². The quantitative estimate of drug-likeness (QED) is 0.761. The molecule has 2 nitrogen and oxygen atoms in total. The smallest absolute Gasteiger partial charge is 0.179 e. The van der Waals surface area contributed by atoms with Crippen LogP contribution in [0.4, 0.5) is 0 Å². The summed E-state index contributed by atoms with van der Waals surface area (Å²) >= 11 is 0. The van der Waals surface area contributed by atoms with Crippen LogP contribution in [0, 0.1) is 5.41 Å².